The molecule has 6 heteroatoms. The summed E-state index contributed by atoms with van der Waals surface area (Å²) in [6, 6.07) is 1.66. The molecule has 2 aromatic rings. The number of rotatable bonds is 4. The van der Waals surface area contributed by atoms with Gasteiger partial charge in [-0.3, -0.25) is 4.98 Å². The third-order valence-electron chi connectivity index (χ3n) is 2.95. The van der Waals surface area contributed by atoms with Crippen molar-refractivity contribution in [2.45, 2.75) is 26.3 Å². The van der Waals surface area contributed by atoms with E-state index >= 15 is 0 Å². The summed E-state index contributed by atoms with van der Waals surface area (Å²) in [5.74, 6) is 1.29. The zero-order valence-electron chi connectivity index (χ0n) is 10.3. The molecule has 0 saturated carbocycles. The van der Waals surface area contributed by atoms with E-state index in [1.165, 1.54) is 0 Å². The fourth-order valence-corrected chi connectivity index (χ4v) is 1.88. The van der Waals surface area contributed by atoms with E-state index in [1.807, 2.05) is 6.07 Å². The standard InChI is InChI=1S/C12H15BrN4O/c1-3-7(2)10(14)12-16-11(17-18-12)8-4-9(13)6-15-5-8/h4-7,10H,3,14H2,1-2H3. The lowest BCUT2D eigenvalue weighted by Crippen LogP contribution is -2.18. The van der Waals surface area contributed by atoms with E-state index < -0.39 is 0 Å². The van der Waals surface area contributed by atoms with Gasteiger partial charge in [0.05, 0.1) is 6.04 Å². The van der Waals surface area contributed by atoms with E-state index in [0.717, 1.165) is 16.5 Å². The lowest BCUT2D eigenvalue weighted by molar-refractivity contribution is 0.312. The Morgan fingerprint density at radius 1 is 1.44 bits per heavy atom. The van der Waals surface area contributed by atoms with Gasteiger partial charge < -0.3 is 10.3 Å². The number of nitrogens with zero attached hydrogens (tertiary/aromatic N) is 3. The Morgan fingerprint density at radius 3 is 2.89 bits per heavy atom. The predicted octanol–water partition coefficient (Wildman–Crippen LogP) is 2.94. The Hall–Kier alpha value is -1.27. The van der Waals surface area contributed by atoms with Crippen LogP contribution in [0.2, 0.25) is 0 Å². The highest BCUT2D eigenvalue weighted by molar-refractivity contribution is 9.10. The number of hydrogen-bond donors (Lipinski definition) is 1. The summed E-state index contributed by atoms with van der Waals surface area (Å²) >= 11 is 3.36. The van der Waals surface area contributed by atoms with Crippen LogP contribution in [0.5, 0.6) is 0 Å². The Morgan fingerprint density at radius 2 is 2.22 bits per heavy atom. The normalized spacial score (nSPS) is 14.4. The second-order valence-corrected chi connectivity index (χ2v) is 5.18. The van der Waals surface area contributed by atoms with Crippen LogP contribution in [0.25, 0.3) is 11.4 Å². The number of aromatic nitrogens is 3. The molecule has 5 nitrogen and oxygen atoms in total. The van der Waals surface area contributed by atoms with Gasteiger partial charge in [0, 0.05) is 22.4 Å². The van der Waals surface area contributed by atoms with Gasteiger partial charge in [-0.25, -0.2) is 0 Å². The van der Waals surface area contributed by atoms with E-state index in [2.05, 4.69) is 44.9 Å². The van der Waals surface area contributed by atoms with Crippen molar-refractivity contribution in [1.82, 2.24) is 15.1 Å². The lowest BCUT2D eigenvalue weighted by atomic mass is 10.0. The molecular formula is C12H15BrN4O. The average molecular weight is 311 g/mol. The minimum atomic E-state index is -0.226. The second-order valence-electron chi connectivity index (χ2n) is 4.26. The van der Waals surface area contributed by atoms with Gasteiger partial charge in [-0.05, 0) is 27.9 Å². The minimum absolute atomic E-state index is 0.226. The van der Waals surface area contributed by atoms with Crippen molar-refractivity contribution >= 4 is 15.9 Å². The van der Waals surface area contributed by atoms with Crippen molar-refractivity contribution in [3.63, 3.8) is 0 Å². The van der Waals surface area contributed by atoms with Gasteiger partial charge >= 0.3 is 0 Å². The summed E-state index contributed by atoms with van der Waals surface area (Å²) < 4.78 is 6.09. The van der Waals surface area contributed by atoms with Gasteiger partial charge in [0.2, 0.25) is 11.7 Å². The molecule has 96 valence electrons. The molecule has 2 rings (SSSR count). The first kappa shape index (κ1) is 13.2. The molecule has 0 radical (unpaired) electrons. The van der Waals surface area contributed by atoms with Crippen LogP contribution in [0.15, 0.2) is 27.5 Å². The van der Waals surface area contributed by atoms with Crippen molar-refractivity contribution in [2.75, 3.05) is 0 Å². The Kier molecular flexibility index (Phi) is 4.08. The maximum absolute atomic E-state index is 6.05. The zero-order valence-corrected chi connectivity index (χ0v) is 11.9. The highest BCUT2D eigenvalue weighted by Crippen LogP contribution is 2.24. The van der Waals surface area contributed by atoms with Gasteiger partial charge in [0.25, 0.3) is 0 Å². The summed E-state index contributed by atoms with van der Waals surface area (Å²) in [7, 11) is 0. The van der Waals surface area contributed by atoms with Crippen molar-refractivity contribution in [2.24, 2.45) is 11.7 Å². The average Bonchev–Trinajstić information content (AvgIpc) is 2.86. The lowest BCUT2D eigenvalue weighted by Gasteiger charge is -2.12. The van der Waals surface area contributed by atoms with Crippen molar-refractivity contribution in [3.05, 3.63) is 28.8 Å². The first-order chi connectivity index (χ1) is 8.61. The molecule has 0 aromatic carbocycles. The third-order valence-corrected chi connectivity index (χ3v) is 3.38. The Balaban J connectivity index is 2.25. The Labute approximate surface area is 114 Å². The van der Waals surface area contributed by atoms with Crippen molar-refractivity contribution in [3.8, 4) is 11.4 Å². The second kappa shape index (κ2) is 5.58. The molecule has 0 fully saturated rings. The fraction of sp³-hybridized carbons (Fsp3) is 0.417. The molecule has 0 aliphatic carbocycles. The largest absolute Gasteiger partial charge is 0.337 e. The van der Waals surface area contributed by atoms with Crippen LogP contribution in [0, 0.1) is 5.92 Å². The smallest absolute Gasteiger partial charge is 0.244 e. The number of pyridine rings is 1. The molecule has 2 aromatic heterocycles. The summed E-state index contributed by atoms with van der Waals surface area (Å²) in [4.78, 5) is 8.39. The van der Waals surface area contributed by atoms with Crippen LogP contribution >= 0.6 is 15.9 Å². The first-order valence-electron chi connectivity index (χ1n) is 5.82. The molecule has 0 amide bonds. The van der Waals surface area contributed by atoms with E-state index in [4.69, 9.17) is 10.3 Å². The zero-order chi connectivity index (χ0) is 13.1. The molecule has 0 spiro atoms. The molecule has 0 aliphatic heterocycles. The van der Waals surface area contributed by atoms with Crippen LogP contribution in [-0.2, 0) is 0 Å². The quantitative estimate of drug-likeness (QED) is 0.939. The van der Waals surface area contributed by atoms with Gasteiger partial charge in [-0.15, -0.1) is 0 Å². The van der Waals surface area contributed by atoms with Crippen LogP contribution < -0.4 is 5.73 Å². The summed E-state index contributed by atoms with van der Waals surface area (Å²) in [6.07, 6.45) is 4.36. The molecule has 2 unspecified atom stereocenters. The van der Waals surface area contributed by atoms with E-state index in [0.29, 0.717) is 17.6 Å². The maximum atomic E-state index is 6.05. The van der Waals surface area contributed by atoms with Crippen LogP contribution in [0.4, 0.5) is 0 Å². The monoisotopic (exact) mass is 310 g/mol. The van der Waals surface area contributed by atoms with Crippen molar-refractivity contribution in [1.29, 1.82) is 0 Å². The number of hydrogen-bond acceptors (Lipinski definition) is 5. The minimum Gasteiger partial charge on any atom is -0.337 e. The van der Waals surface area contributed by atoms with Gasteiger partial charge in [-0.1, -0.05) is 25.4 Å². The van der Waals surface area contributed by atoms with E-state index in [9.17, 15) is 0 Å². The van der Waals surface area contributed by atoms with Gasteiger partial charge in [-0.2, -0.15) is 4.98 Å². The first-order valence-corrected chi connectivity index (χ1v) is 6.61. The summed E-state index contributed by atoms with van der Waals surface area (Å²) in [5, 5.41) is 3.94. The predicted molar refractivity (Wildman–Crippen MR) is 71.6 cm³/mol. The molecule has 18 heavy (non-hydrogen) atoms. The van der Waals surface area contributed by atoms with Crippen LogP contribution in [0.1, 0.15) is 32.2 Å². The summed E-state index contributed by atoms with van der Waals surface area (Å²) in [5.41, 5.74) is 6.85. The fourth-order valence-electron chi connectivity index (χ4n) is 1.52. The molecular weight excluding hydrogens is 296 g/mol. The maximum Gasteiger partial charge on any atom is 0.244 e. The van der Waals surface area contributed by atoms with E-state index in [1.54, 1.807) is 12.4 Å². The SMILES string of the molecule is CCC(C)C(N)c1nc(-c2cncc(Br)c2)no1. The van der Waals surface area contributed by atoms with E-state index in [-0.39, 0.29) is 6.04 Å². The molecule has 0 bridgehead atoms. The topological polar surface area (TPSA) is 77.8 Å². The highest BCUT2D eigenvalue weighted by Gasteiger charge is 2.20. The Bertz CT molecular complexity index is 528. The van der Waals surface area contributed by atoms with Crippen LogP contribution in [0.3, 0.4) is 0 Å². The third kappa shape index (κ3) is 2.76. The molecule has 2 atom stereocenters. The number of nitrogens with two attached hydrogens (primary N) is 1. The molecule has 0 saturated heterocycles. The van der Waals surface area contributed by atoms with Crippen LogP contribution in [-0.4, -0.2) is 15.1 Å². The molecule has 2 heterocycles. The molecule has 2 N–H and O–H groups in total. The van der Waals surface area contributed by atoms with Crippen molar-refractivity contribution < 1.29 is 4.52 Å². The van der Waals surface area contributed by atoms with Gasteiger partial charge in [0.15, 0.2) is 0 Å². The van der Waals surface area contributed by atoms with Gasteiger partial charge in [0.1, 0.15) is 0 Å². The molecule has 0 aliphatic rings. The summed E-state index contributed by atoms with van der Waals surface area (Å²) in [6.45, 7) is 4.15. The number of halogens is 1. The highest BCUT2D eigenvalue weighted by atomic mass is 79.9.